The maximum Gasteiger partial charge on any atom is 0.223 e. The highest BCUT2D eigenvalue weighted by Crippen LogP contribution is 2.30. The zero-order chi connectivity index (χ0) is 16.2. The van der Waals surface area contributed by atoms with Gasteiger partial charge in [0.25, 0.3) is 0 Å². The fraction of sp³-hybridized carbons (Fsp3) is 0.526. The maximum atomic E-state index is 12.4. The normalized spacial score (nSPS) is 24.9. The fourth-order valence-electron chi connectivity index (χ4n) is 3.65. The molecule has 0 saturated carbocycles. The van der Waals surface area contributed by atoms with Gasteiger partial charge in [0.2, 0.25) is 5.91 Å². The van der Waals surface area contributed by atoms with Crippen molar-refractivity contribution in [2.24, 2.45) is 11.7 Å². The molecule has 3 rings (SSSR count). The van der Waals surface area contributed by atoms with Crippen LogP contribution in [0.1, 0.15) is 37.2 Å². The Labute approximate surface area is 138 Å². The molecule has 2 N–H and O–H groups in total. The Morgan fingerprint density at radius 1 is 1.22 bits per heavy atom. The zero-order valence-electron chi connectivity index (χ0n) is 13.8. The summed E-state index contributed by atoms with van der Waals surface area (Å²) in [5, 5.41) is 0. The average Bonchev–Trinajstić information content (AvgIpc) is 3.00. The van der Waals surface area contributed by atoms with Gasteiger partial charge in [-0.3, -0.25) is 4.79 Å². The number of ether oxygens (including phenoxy) is 1. The van der Waals surface area contributed by atoms with E-state index in [-0.39, 0.29) is 11.9 Å². The lowest BCUT2D eigenvalue weighted by molar-refractivity contribution is -0.132. The first-order valence-corrected chi connectivity index (χ1v) is 8.51. The van der Waals surface area contributed by atoms with Gasteiger partial charge in [0, 0.05) is 25.6 Å². The summed E-state index contributed by atoms with van der Waals surface area (Å²) >= 11 is 0. The van der Waals surface area contributed by atoms with Gasteiger partial charge in [-0.05, 0) is 48.8 Å². The van der Waals surface area contributed by atoms with Crippen molar-refractivity contribution in [3.63, 3.8) is 0 Å². The van der Waals surface area contributed by atoms with Gasteiger partial charge < -0.3 is 15.4 Å². The molecule has 1 amide bonds. The molecule has 0 radical (unpaired) electrons. The number of allylic oxidation sites excluding steroid dienone is 1. The van der Waals surface area contributed by atoms with Gasteiger partial charge in [0.15, 0.2) is 0 Å². The number of amides is 1. The SMILES string of the molecule is COc1ccc(C2CCN(C(=O)C[C@H]3C=C[C@@H](N)C3)CC2)cc1. The van der Waals surface area contributed by atoms with Gasteiger partial charge in [-0.25, -0.2) is 0 Å². The van der Waals surface area contributed by atoms with E-state index in [1.165, 1.54) is 5.56 Å². The fourth-order valence-corrected chi connectivity index (χ4v) is 3.65. The number of nitrogens with zero attached hydrogens (tertiary/aromatic N) is 1. The second-order valence-electron chi connectivity index (χ2n) is 6.68. The van der Waals surface area contributed by atoms with Gasteiger partial charge >= 0.3 is 0 Å². The number of carbonyl (C=O) groups excluding carboxylic acids is 1. The highest BCUT2D eigenvalue weighted by molar-refractivity contribution is 5.76. The van der Waals surface area contributed by atoms with Crippen LogP contribution < -0.4 is 10.5 Å². The molecular formula is C19H26N2O2. The van der Waals surface area contributed by atoms with Crippen molar-refractivity contribution in [1.82, 2.24) is 4.90 Å². The first kappa shape index (κ1) is 16.1. The predicted octanol–water partition coefficient (Wildman–Crippen LogP) is 2.69. The number of rotatable bonds is 4. The van der Waals surface area contributed by atoms with Crippen LogP contribution in [0.25, 0.3) is 0 Å². The molecule has 4 heteroatoms. The minimum atomic E-state index is 0.133. The smallest absolute Gasteiger partial charge is 0.223 e. The quantitative estimate of drug-likeness (QED) is 0.869. The summed E-state index contributed by atoms with van der Waals surface area (Å²) < 4.78 is 5.21. The lowest BCUT2D eigenvalue weighted by Crippen LogP contribution is -2.38. The third kappa shape index (κ3) is 3.94. The van der Waals surface area contributed by atoms with Crippen LogP contribution in [0.2, 0.25) is 0 Å². The average molecular weight is 314 g/mol. The number of piperidine rings is 1. The maximum absolute atomic E-state index is 12.4. The van der Waals surface area contributed by atoms with E-state index in [2.05, 4.69) is 18.2 Å². The van der Waals surface area contributed by atoms with Crippen molar-refractivity contribution >= 4 is 5.91 Å². The summed E-state index contributed by atoms with van der Waals surface area (Å²) in [6, 6.07) is 8.45. The number of carbonyl (C=O) groups is 1. The monoisotopic (exact) mass is 314 g/mol. The van der Waals surface area contributed by atoms with Crippen LogP contribution in [0, 0.1) is 5.92 Å². The number of benzene rings is 1. The van der Waals surface area contributed by atoms with Crippen molar-refractivity contribution in [1.29, 1.82) is 0 Å². The van der Waals surface area contributed by atoms with Crippen molar-refractivity contribution in [3.05, 3.63) is 42.0 Å². The molecule has 2 aliphatic rings. The molecule has 1 saturated heterocycles. The van der Waals surface area contributed by atoms with E-state index in [0.717, 1.165) is 38.1 Å². The van der Waals surface area contributed by atoms with Crippen molar-refractivity contribution in [2.45, 2.75) is 37.6 Å². The molecule has 23 heavy (non-hydrogen) atoms. The van der Waals surface area contributed by atoms with Crippen LogP contribution >= 0.6 is 0 Å². The summed E-state index contributed by atoms with van der Waals surface area (Å²) in [4.78, 5) is 14.4. The molecule has 2 atom stereocenters. The van der Waals surface area contributed by atoms with E-state index in [1.54, 1.807) is 7.11 Å². The Morgan fingerprint density at radius 2 is 1.91 bits per heavy atom. The van der Waals surface area contributed by atoms with E-state index in [1.807, 2.05) is 23.1 Å². The van der Waals surface area contributed by atoms with Crippen LogP contribution in [-0.4, -0.2) is 37.0 Å². The lowest BCUT2D eigenvalue weighted by Gasteiger charge is -2.33. The number of hydrogen-bond donors (Lipinski definition) is 1. The Morgan fingerprint density at radius 3 is 2.48 bits per heavy atom. The zero-order valence-corrected chi connectivity index (χ0v) is 13.8. The van der Waals surface area contributed by atoms with Crippen LogP contribution in [-0.2, 0) is 4.79 Å². The highest BCUT2D eigenvalue weighted by Gasteiger charge is 2.26. The van der Waals surface area contributed by atoms with Crippen molar-refractivity contribution in [2.75, 3.05) is 20.2 Å². The summed E-state index contributed by atoms with van der Waals surface area (Å²) in [7, 11) is 1.69. The van der Waals surface area contributed by atoms with Crippen molar-refractivity contribution in [3.8, 4) is 5.75 Å². The second-order valence-corrected chi connectivity index (χ2v) is 6.68. The molecule has 124 valence electrons. The van der Waals surface area contributed by atoms with Gasteiger partial charge in [0.05, 0.1) is 7.11 Å². The van der Waals surface area contributed by atoms with E-state index in [4.69, 9.17) is 10.5 Å². The standard InChI is InChI=1S/C19H26N2O2/c1-23-18-6-3-15(4-7-18)16-8-10-21(11-9-16)19(22)13-14-2-5-17(20)12-14/h2-7,14,16-17H,8-13,20H2,1H3/t14-,17+/m0/s1. The van der Waals surface area contributed by atoms with Crippen LogP contribution in [0.4, 0.5) is 0 Å². The summed E-state index contributed by atoms with van der Waals surface area (Å²) in [5.74, 6) is 2.05. The molecule has 1 aromatic rings. The molecule has 0 spiro atoms. The Bertz CT molecular complexity index is 559. The highest BCUT2D eigenvalue weighted by atomic mass is 16.5. The molecule has 0 unspecified atom stereocenters. The van der Waals surface area contributed by atoms with Crippen LogP contribution in [0.3, 0.4) is 0 Å². The second kappa shape index (κ2) is 7.18. The summed E-state index contributed by atoms with van der Waals surface area (Å²) in [6.45, 7) is 1.72. The van der Waals surface area contributed by atoms with Gasteiger partial charge in [-0.1, -0.05) is 24.3 Å². The molecule has 1 aromatic carbocycles. The van der Waals surface area contributed by atoms with E-state index in [9.17, 15) is 4.79 Å². The first-order valence-electron chi connectivity index (χ1n) is 8.51. The molecule has 4 nitrogen and oxygen atoms in total. The number of likely N-dealkylation sites (tertiary alicyclic amines) is 1. The first-order chi connectivity index (χ1) is 11.2. The third-order valence-electron chi connectivity index (χ3n) is 5.08. The molecule has 1 aliphatic heterocycles. The van der Waals surface area contributed by atoms with Crippen LogP contribution in [0.5, 0.6) is 5.75 Å². The third-order valence-corrected chi connectivity index (χ3v) is 5.08. The largest absolute Gasteiger partial charge is 0.497 e. The Hall–Kier alpha value is -1.81. The van der Waals surface area contributed by atoms with Gasteiger partial charge in [-0.15, -0.1) is 0 Å². The minimum Gasteiger partial charge on any atom is -0.497 e. The summed E-state index contributed by atoms with van der Waals surface area (Å²) in [6.07, 6.45) is 7.72. The minimum absolute atomic E-state index is 0.133. The predicted molar refractivity (Wildman–Crippen MR) is 91.4 cm³/mol. The van der Waals surface area contributed by atoms with Crippen molar-refractivity contribution < 1.29 is 9.53 Å². The van der Waals surface area contributed by atoms with E-state index < -0.39 is 0 Å². The summed E-state index contributed by atoms with van der Waals surface area (Å²) in [5.41, 5.74) is 7.21. The molecule has 1 aliphatic carbocycles. The number of nitrogens with two attached hydrogens (primary N) is 1. The molecular weight excluding hydrogens is 288 g/mol. The van der Waals surface area contributed by atoms with Gasteiger partial charge in [-0.2, -0.15) is 0 Å². The van der Waals surface area contributed by atoms with Crippen LogP contribution in [0.15, 0.2) is 36.4 Å². The molecule has 0 bridgehead atoms. The Balaban J connectivity index is 1.49. The molecule has 1 fully saturated rings. The molecule has 0 aromatic heterocycles. The lowest BCUT2D eigenvalue weighted by atomic mass is 9.89. The number of hydrogen-bond acceptors (Lipinski definition) is 3. The van der Waals surface area contributed by atoms with E-state index >= 15 is 0 Å². The topological polar surface area (TPSA) is 55.6 Å². The van der Waals surface area contributed by atoms with Gasteiger partial charge in [0.1, 0.15) is 5.75 Å². The number of methoxy groups -OCH3 is 1. The molecule has 1 heterocycles. The Kier molecular flexibility index (Phi) is 5.01. The van der Waals surface area contributed by atoms with E-state index in [0.29, 0.717) is 18.3 Å².